The molecular formula is C11H14N2O. The molecule has 1 heterocycles. The van der Waals surface area contributed by atoms with Crippen LogP contribution in [0, 0.1) is 4.91 Å². The van der Waals surface area contributed by atoms with Crippen molar-refractivity contribution < 1.29 is 0 Å². The summed E-state index contributed by atoms with van der Waals surface area (Å²) in [7, 11) is 0. The monoisotopic (exact) mass is 190 g/mol. The van der Waals surface area contributed by atoms with Crippen LogP contribution in [0.1, 0.15) is 24.3 Å². The Morgan fingerprint density at radius 2 is 2.07 bits per heavy atom. The Hall–Kier alpha value is -1.38. The van der Waals surface area contributed by atoms with Gasteiger partial charge in [-0.3, -0.25) is 5.01 Å². The van der Waals surface area contributed by atoms with E-state index in [4.69, 9.17) is 0 Å². The van der Waals surface area contributed by atoms with E-state index in [-0.39, 0.29) is 0 Å². The summed E-state index contributed by atoms with van der Waals surface area (Å²) < 4.78 is 0. The molecule has 1 atom stereocenters. The van der Waals surface area contributed by atoms with E-state index in [1.807, 2.05) is 18.2 Å². The Balaban J connectivity index is 2.08. The quantitative estimate of drug-likeness (QED) is 0.671. The number of rotatable bonds is 2. The summed E-state index contributed by atoms with van der Waals surface area (Å²) in [6.45, 7) is 1.58. The van der Waals surface area contributed by atoms with Gasteiger partial charge in [0.2, 0.25) is 0 Å². The fourth-order valence-electron chi connectivity index (χ4n) is 2.03. The first-order valence-electron chi connectivity index (χ1n) is 5.03. The maximum Gasteiger partial charge on any atom is 0.0524 e. The molecule has 0 aromatic heterocycles. The van der Waals surface area contributed by atoms with Gasteiger partial charge < -0.3 is 0 Å². The number of hydrogen-bond acceptors (Lipinski definition) is 2. The third kappa shape index (κ3) is 1.92. The molecule has 1 unspecified atom stereocenters. The molecule has 1 aliphatic rings. The molecule has 0 spiro atoms. The van der Waals surface area contributed by atoms with Crippen molar-refractivity contribution in [3.63, 3.8) is 0 Å². The molecule has 0 radical (unpaired) electrons. The molecule has 14 heavy (non-hydrogen) atoms. The smallest absolute Gasteiger partial charge is 0.0524 e. The molecule has 1 fully saturated rings. The van der Waals surface area contributed by atoms with Crippen LogP contribution in [0.3, 0.4) is 0 Å². The molecular weight excluding hydrogens is 176 g/mol. The van der Waals surface area contributed by atoms with Crippen LogP contribution >= 0.6 is 0 Å². The first-order chi connectivity index (χ1) is 6.90. The Morgan fingerprint density at radius 3 is 2.79 bits per heavy atom. The van der Waals surface area contributed by atoms with E-state index in [9.17, 15) is 4.91 Å². The van der Waals surface area contributed by atoms with Gasteiger partial charge in [-0.1, -0.05) is 30.3 Å². The fourth-order valence-corrected chi connectivity index (χ4v) is 2.03. The molecule has 0 bridgehead atoms. The standard InChI is InChI=1S/C11H14N2O/c14-12-13-8-4-7-11(9-13)10-5-2-1-3-6-10/h1-3,5-6,11H,4,7-9H2. The van der Waals surface area contributed by atoms with Crippen LogP contribution in [0.15, 0.2) is 35.6 Å². The summed E-state index contributed by atoms with van der Waals surface area (Å²) in [6.07, 6.45) is 2.22. The van der Waals surface area contributed by atoms with Gasteiger partial charge in [-0.25, -0.2) is 0 Å². The summed E-state index contributed by atoms with van der Waals surface area (Å²) in [5.41, 5.74) is 1.32. The molecule has 74 valence electrons. The van der Waals surface area contributed by atoms with Crippen molar-refractivity contribution in [2.75, 3.05) is 13.1 Å². The van der Waals surface area contributed by atoms with Gasteiger partial charge in [-0.2, -0.15) is 0 Å². The Labute approximate surface area is 83.7 Å². The first kappa shape index (κ1) is 9.19. The Bertz CT molecular complexity index is 299. The van der Waals surface area contributed by atoms with Gasteiger partial charge in [0, 0.05) is 19.0 Å². The topological polar surface area (TPSA) is 32.7 Å². The van der Waals surface area contributed by atoms with Gasteiger partial charge in [-0.05, 0) is 18.4 Å². The van der Waals surface area contributed by atoms with Crippen LogP contribution in [-0.2, 0) is 0 Å². The highest BCUT2D eigenvalue weighted by Crippen LogP contribution is 2.26. The second-order valence-electron chi connectivity index (χ2n) is 3.74. The number of hydrogen-bond donors (Lipinski definition) is 0. The van der Waals surface area contributed by atoms with Crippen molar-refractivity contribution >= 4 is 0 Å². The van der Waals surface area contributed by atoms with Crippen molar-refractivity contribution in [1.29, 1.82) is 0 Å². The van der Waals surface area contributed by atoms with Gasteiger partial charge in [0.1, 0.15) is 0 Å². The average molecular weight is 190 g/mol. The third-order valence-corrected chi connectivity index (χ3v) is 2.79. The van der Waals surface area contributed by atoms with Crippen molar-refractivity contribution in [3.05, 3.63) is 40.8 Å². The van der Waals surface area contributed by atoms with E-state index >= 15 is 0 Å². The van der Waals surface area contributed by atoms with Gasteiger partial charge in [-0.15, -0.1) is 4.91 Å². The average Bonchev–Trinajstić information content (AvgIpc) is 2.30. The molecule has 3 nitrogen and oxygen atoms in total. The zero-order chi connectivity index (χ0) is 9.80. The third-order valence-electron chi connectivity index (χ3n) is 2.79. The molecule has 1 aromatic carbocycles. The summed E-state index contributed by atoms with van der Waals surface area (Å²) in [6, 6.07) is 10.4. The second kappa shape index (κ2) is 4.22. The van der Waals surface area contributed by atoms with Crippen LogP contribution < -0.4 is 0 Å². The van der Waals surface area contributed by atoms with Gasteiger partial charge in [0.15, 0.2) is 0 Å². The highest BCUT2D eigenvalue weighted by atomic mass is 16.3. The molecule has 0 saturated carbocycles. The highest BCUT2D eigenvalue weighted by molar-refractivity contribution is 5.20. The largest absolute Gasteiger partial charge is 0.260 e. The van der Waals surface area contributed by atoms with Crippen LogP contribution in [-0.4, -0.2) is 18.1 Å². The van der Waals surface area contributed by atoms with E-state index < -0.39 is 0 Å². The van der Waals surface area contributed by atoms with E-state index in [1.165, 1.54) is 5.56 Å². The summed E-state index contributed by atoms with van der Waals surface area (Å²) in [5, 5.41) is 4.63. The fraction of sp³-hybridized carbons (Fsp3) is 0.455. The SMILES string of the molecule is O=NN1CCCC(c2ccccc2)C1. The lowest BCUT2D eigenvalue weighted by Crippen LogP contribution is -2.29. The van der Waals surface area contributed by atoms with E-state index in [0.717, 1.165) is 25.9 Å². The molecule has 0 N–H and O–H groups in total. The van der Waals surface area contributed by atoms with Crippen molar-refractivity contribution in [1.82, 2.24) is 5.01 Å². The normalized spacial score (nSPS) is 22.0. The maximum absolute atomic E-state index is 10.4. The van der Waals surface area contributed by atoms with E-state index in [2.05, 4.69) is 17.4 Å². The van der Waals surface area contributed by atoms with Gasteiger partial charge >= 0.3 is 0 Å². The maximum atomic E-state index is 10.4. The number of nitrogens with zero attached hydrogens (tertiary/aromatic N) is 2. The molecule has 0 aliphatic carbocycles. The highest BCUT2D eigenvalue weighted by Gasteiger charge is 2.20. The summed E-state index contributed by atoms with van der Waals surface area (Å²) in [4.78, 5) is 10.4. The number of benzene rings is 1. The lowest BCUT2D eigenvalue weighted by molar-refractivity contribution is 0.213. The van der Waals surface area contributed by atoms with Crippen LogP contribution in [0.2, 0.25) is 0 Å². The second-order valence-corrected chi connectivity index (χ2v) is 3.74. The van der Waals surface area contributed by atoms with Crippen molar-refractivity contribution in [2.45, 2.75) is 18.8 Å². The van der Waals surface area contributed by atoms with Gasteiger partial charge in [0.25, 0.3) is 0 Å². The molecule has 3 heteroatoms. The Morgan fingerprint density at radius 1 is 1.29 bits per heavy atom. The van der Waals surface area contributed by atoms with Crippen LogP contribution in [0.5, 0.6) is 0 Å². The minimum atomic E-state index is 0.475. The Kier molecular flexibility index (Phi) is 2.77. The summed E-state index contributed by atoms with van der Waals surface area (Å²) in [5.74, 6) is 0.475. The van der Waals surface area contributed by atoms with Gasteiger partial charge in [0.05, 0.1) is 5.29 Å². The minimum absolute atomic E-state index is 0.475. The first-order valence-corrected chi connectivity index (χ1v) is 5.03. The predicted molar refractivity (Wildman–Crippen MR) is 55.8 cm³/mol. The lowest BCUT2D eigenvalue weighted by atomic mass is 9.91. The molecule has 2 rings (SSSR count). The van der Waals surface area contributed by atoms with E-state index in [1.54, 1.807) is 5.01 Å². The number of piperidine rings is 1. The van der Waals surface area contributed by atoms with Crippen molar-refractivity contribution in [2.24, 2.45) is 5.29 Å². The van der Waals surface area contributed by atoms with Crippen molar-refractivity contribution in [3.8, 4) is 0 Å². The molecule has 1 aliphatic heterocycles. The minimum Gasteiger partial charge on any atom is -0.260 e. The lowest BCUT2D eigenvalue weighted by Gasteiger charge is -2.28. The molecule has 1 saturated heterocycles. The zero-order valence-electron chi connectivity index (χ0n) is 8.10. The zero-order valence-corrected chi connectivity index (χ0v) is 8.10. The van der Waals surface area contributed by atoms with Crippen LogP contribution in [0.4, 0.5) is 0 Å². The predicted octanol–water partition coefficient (Wildman–Crippen LogP) is 2.55. The number of nitroso groups, excluding NO2 is 1. The molecule has 0 amide bonds. The van der Waals surface area contributed by atoms with E-state index in [0.29, 0.717) is 5.92 Å². The van der Waals surface area contributed by atoms with Crippen LogP contribution in [0.25, 0.3) is 0 Å². The summed E-state index contributed by atoms with van der Waals surface area (Å²) >= 11 is 0. The molecule has 1 aromatic rings.